The molecule has 5 nitrogen and oxygen atoms in total. The summed E-state index contributed by atoms with van der Waals surface area (Å²) in [6.07, 6.45) is 1.11. The van der Waals surface area contributed by atoms with Gasteiger partial charge >= 0.3 is 0 Å². The van der Waals surface area contributed by atoms with Gasteiger partial charge in [0, 0.05) is 16.7 Å². The van der Waals surface area contributed by atoms with Gasteiger partial charge in [0.2, 0.25) is 0 Å². The number of rotatable bonds is 4. The number of hydrogen-bond acceptors (Lipinski definition) is 3. The summed E-state index contributed by atoms with van der Waals surface area (Å²) in [5.41, 5.74) is 1.73. The van der Waals surface area contributed by atoms with E-state index in [-0.39, 0.29) is 11.8 Å². The third-order valence-electron chi connectivity index (χ3n) is 3.86. The van der Waals surface area contributed by atoms with Gasteiger partial charge in [0.15, 0.2) is 6.10 Å². The lowest BCUT2D eigenvalue weighted by Gasteiger charge is -2.32. The fraction of sp³-hybridized carbons (Fsp3) is 0.158. The molecule has 0 bridgehead atoms. The van der Waals surface area contributed by atoms with Crippen LogP contribution >= 0.6 is 15.9 Å². The Bertz CT molecular complexity index is 850. The zero-order valence-electron chi connectivity index (χ0n) is 13.7. The SMILES string of the molecule is C=CCN1C(=O)C(C)Oc2ccc(NC(=O)c3ccccc3Br)cc21. The molecule has 1 atom stereocenters. The maximum Gasteiger partial charge on any atom is 0.268 e. The molecule has 3 rings (SSSR count). The number of anilines is 2. The van der Waals surface area contributed by atoms with Gasteiger partial charge in [-0.25, -0.2) is 0 Å². The van der Waals surface area contributed by atoms with Crippen molar-refractivity contribution in [2.45, 2.75) is 13.0 Å². The molecule has 1 N–H and O–H groups in total. The molecule has 0 aromatic heterocycles. The standard InChI is InChI=1S/C19H17BrN2O3/c1-3-10-22-16-11-13(8-9-17(16)25-12(2)19(22)24)21-18(23)14-6-4-5-7-15(14)20/h3-9,11-12H,1,10H2,2H3,(H,21,23). The van der Waals surface area contributed by atoms with E-state index in [2.05, 4.69) is 27.8 Å². The summed E-state index contributed by atoms with van der Waals surface area (Å²) in [5.74, 6) is 0.230. The number of ether oxygens (including phenoxy) is 1. The van der Waals surface area contributed by atoms with Crippen LogP contribution in [0, 0.1) is 0 Å². The maximum absolute atomic E-state index is 12.5. The second kappa shape index (κ2) is 7.11. The molecule has 0 spiro atoms. The highest BCUT2D eigenvalue weighted by atomic mass is 79.9. The smallest absolute Gasteiger partial charge is 0.268 e. The van der Waals surface area contributed by atoms with Crippen LogP contribution in [-0.4, -0.2) is 24.5 Å². The Balaban J connectivity index is 1.90. The van der Waals surface area contributed by atoms with Crippen molar-refractivity contribution in [3.05, 3.63) is 65.2 Å². The molecule has 6 heteroatoms. The summed E-state index contributed by atoms with van der Waals surface area (Å²) in [7, 11) is 0. The van der Waals surface area contributed by atoms with E-state index in [4.69, 9.17) is 4.74 Å². The van der Waals surface area contributed by atoms with Gasteiger partial charge in [0.05, 0.1) is 11.3 Å². The van der Waals surface area contributed by atoms with Crippen molar-refractivity contribution in [3.8, 4) is 5.75 Å². The fourth-order valence-corrected chi connectivity index (χ4v) is 3.11. The minimum Gasteiger partial charge on any atom is -0.479 e. The second-order valence-electron chi connectivity index (χ2n) is 5.61. The highest BCUT2D eigenvalue weighted by Crippen LogP contribution is 2.36. The zero-order chi connectivity index (χ0) is 18.0. The number of fused-ring (bicyclic) bond motifs is 1. The van der Waals surface area contributed by atoms with E-state index in [0.717, 1.165) is 0 Å². The number of halogens is 1. The molecule has 0 fully saturated rings. The lowest BCUT2D eigenvalue weighted by molar-refractivity contribution is -0.125. The maximum atomic E-state index is 12.5. The summed E-state index contributed by atoms with van der Waals surface area (Å²) in [4.78, 5) is 26.4. The predicted molar refractivity (Wildman–Crippen MR) is 101 cm³/mol. The van der Waals surface area contributed by atoms with Gasteiger partial charge in [-0.05, 0) is 53.2 Å². The van der Waals surface area contributed by atoms with E-state index in [9.17, 15) is 9.59 Å². The highest BCUT2D eigenvalue weighted by molar-refractivity contribution is 9.10. The highest BCUT2D eigenvalue weighted by Gasteiger charge is 2.31. The lowest BCUT2D eigenvalue weighted by atomic mass is 10.1. The van der Waals surface area contributed by atoms with Crippen molar-refractivity contribution in [2.75, 3.05) is 16.8 Å². The molecular formula is C19H17BrN2O3. The van der Waals surface area contributed by atoms with Crippen molar-refractivity contribution < 1.29 is 14.3 Å². The van der Waals surface area contributed by atoms with Crippen LogP contribution in [0.1, 0.15) is 17.3 Å². The van der Waals surface area contributed by atoms with Crippen LogP contribution in [0.25, 0.3) is 0 Å². The normalized spacial score (nSPS) is 16.0. The zero-order valence-corrected chi connectivity index (χ0v) is 15.2. The third kappa shape index (κ3) is 3.44. The van der Waals surface area contributed by atoms with Crippen molar-refractivity contribution in [2.24, 2.45) is 0 Å². The Morgan fingerprint density at radius 1 is 1.36 bits per heavy atom. The van der Waals surface area contributed by atoms with Crippen molar-refractivity contribution in [3.63, 3.8) is 0 Å². The average Bonchev–Trinajstić information content (AvgIpc) is 2.60. The summed E-state index contributed by atoms with van der Waals surface area (Å²) in [6, 6.07) is 12.4. The summed E-state index contributed by atoms with van der Waals surface area (Å²) >= 11 is 3.37. The molecule has 25 heavy (non-hydrogen) atoms. The second-order valence-corrected chi connectivity index (χ2v) is 6.47. The van der Waals surface area contributed by atoms with Gasteiger partial charge in [0.1, 0.15) is 5.75 Å². The average molecular weight is 401 g/mol. The molecule has 1 heterocycles. The van der Waals surface area contributed by atoms with Crippen molar-refractivity contribution in [1.82, 2.24) is 0 Å². The third-order valence-corrected chi connectivity index (χ3v) is 4.55. The van der Waals surface area contributed by atoms with Gasteiger partial charge < -0.3 is 15.0 Å². The molecule has 0 saturated carbocycles. The van der Waals surface area contributed by atoms with E-state index in [1.54, 1.807) is 48.2 Å². The van der Waals surface area contributed by atoms with E-state index in [0.29, 0.717) is 33.7 Å². The first kappa shape index (κ1) is 17.2. The molecule has 1 aliphatic rings. The van der Waals surface area contributed by atoms with Crippen LogP contribution in [0.3, 0.4) is 0 Å². The van der Waals surface area contributed by atoms with Gasteiger partial charge in [-0.1, -0.05) is 18.2 Å². The van der Waals surface area contributed by atoms with Gasteiger partial charge in [0.25, 0.3) is 11.8 Å². The van der Waals surface area contributed by atoms with E-state index < -0.39 is 6.10 Å². The molecule has 2 aromatic rings. The molecular weight excluding hydrogens is 384 g/mol. The number of nitrogens with zero attached hydrogens (tertiary/aromatic N) is 1. The molecule has 2 aromatic carbocycles. The fourth-order valence-electron chi connectivity index (χ4n) is 2.65. The molecule has 0 saturated heterocycles. The molecule has 1 aliphatic heterocycles. The van der Waals surface area contributed by atoms with Crippen molar-refractivity contribution >= 4 is 39.1 Å². The number of amides is 2. The monoisotopic (exact) mass is 400 g/mol. The van der Waals surface area contributed by atoms with E-state index in [1.807, 2.05) is 12.1 Å². The van der Waals surface area contributed by atoms with Crippen LogP contribution < -0.4 is 15.0 Å². The van der Waals surface area contributed by atoms with Crippen LogP contribution in [-0.2, 0) is 4.79 Å². The molecule has 1 unspecified atom stereocenters. The molecule has 0 aliphatic carbocycles. The molecule has 128 valence electrons. The van der Waals surface area contributed by atoms with Crippen LogP contribution in [0.4, 0.5) is 11.4 Å². The largest absolute Gasteiger partial charge is 0.479 e. The Morgan fingerprint density at radius 3 is 2.84 bits per heavy atom. The quantitative estimate of drug-likeness (QED) is 0.788. The van der Waals surface area contributed by atoms with Gasteiger partial charge in [-0.2, -0.15) is 0 Å². The number of benzene rings is 2. The number of nitrogens with one attached hydrogen (secondary N) is 1. The Labute approximate surface area is 154 Å². The molecule has 0 radical (unpaired) electrons. The number of hydrogen-bond donors (Lipinski definition) is 1. The van der Waals surface area contributed by atoms with E-state index in [1.165, 1.54) is 0 Å². The van der Waals surface area contributed by atoms with Crippen LogP contribution in [0.5, 0.6) is 5.75 Å². The minimum absolute atomic E-state index is 0.137. The van der Waals surface area contributed by atoms with Gasteiger partial charge in [-0.15, -0.1) is 6.58 Å². The lowest BCUT2D eigenvalue weighted by Crippen LogP contribution is -2.44. The first-order valence-corrected chi connectivity index (χ1v) is 8.59. The first-order chi connectivity index (χ1) is 12.0. The topological polar surface area (TPSA) is 58.6 Å². The summed E-state index contributed by atoms with van der Waals surface area (Å²) in [6.45, 7) is 5.79. The van der Waals surface area contributed by atoms with Gasteiger partial charge in [-0.3, -0.25) is 9.59 Å². The Hall–Kier alpha value is -2.60. The summed E-state index contributed by atoms with van der Waals surface area (Å²) in [5, 5.41) is 2.85. The number of carbonyl (C=O) groups is 2. The predicted octanol–water partition coefficient (Wildman–Crippen LogP) is 4.00. The molecule has 2 amide bonds. The van der Waals surface area contributed by atoms with Crippen molar-refractivity contribution in [1.29, 1.82) is 0 Å². The Morgan fingerprint density at radius 2 is 2.12 bits per heavy atom. The van der Waals surface area contributed by atoms with Crippen LogP contribution in [0.15, 0.2) is 59.6 Å². The Kier molecular flexibility index (Phi) is 4.90. The van der Waals surface area contributed by atoms with E-state index >= 15 is 0 Å². The minimum atomic E-state index is -0.548. The number of carbonyl (C=O) groups excluding carboxylic acids is 2. The summed E-state index contributed by atoms with van der Waals surface area (Å²) < 4.78 is 6.35. The first-order valence-electron chi connectivity index (χ1n) is 7.80. The van der Waals surface area contributed by atoms with Crippen LogP contribution in [0.2, 0.25) is 0 Å².